The van der Waals surface area contributed by atoms with Gasteiger partial charge in [-0.3, -0.25) is 9.69 Å². The second-order valence-corrected chi connectivity index (χ2v) is 22.3. The number of likely N-dealkylation sites (tertiary alicyclic amines) is 1. The van der Waals surface area contributed by atoms with E-state index in [0.29, 0.717) is 37.9 Å². The topological polar surface area (TPSA) is 119 Å². The number of anilines is 2. The van der Waals surface area contributed by atoms with Gasteiger partial charge in [0.25, 0.3) is 25.8 Å². The molecule has 0 radical (unpaired) electrons. The van der Waals surface area contributed by atoms with Crippen molar-refractivity contribution in [2.75, 3.05) is 68.3 Å². The predicted octanol–water partition coefficient (Wildman–Crippen LogP) is 9.39. The fraction of sp³-hybridized carbons (Fsp3) is 0.500. The van der Waals surface area contributed by atoms with Crippen LogP contribution in [0.1, 0.15) is 75.6 Å². The quantitative estimate of drug-likeness (QED) is 0.0889. The fourth-order valence-electron chi connectivity index (χ4n) is 8.42. The van der Waals surface area contributed by atoms with Crippen molar-refractivity contribution in [3.05, 3.63) is 102 Å². The molecular weight excluding hydrogens is 894 g/mol. The number of carbonyl (C=O) groups is 1. The second kappa shape index (κ2) is 21.1. The third-order valence-corrected chi connectivity index (χ3v) is 16.2. The molecule has 0 saturated carbocycles. The summed E-state index contributed by atoms with van der Waals surface area (Å²) >= 11 is 1.46. The van der Waals surface area contributed by atoms with E-state index in [1.807, 2.05) is 35.1 Å². The Kier molecular flexibility index (Phi) is 16.3. The molecular formula is C46H58F5N5O5S3. The number of amides is 1. The van der Waals surface area contributed by atoms with Crippen molar-refractivity contribution in [3.8, 4) is 0 Å². The molecule has 2 heterocycles. The first kappa shape index (κ1) is 49.5. The van der Waals surface area contributed by atoms with Gasteiger partial charge < -0.3 is 15.1 Å². The summed E-state index contributed by atoms with van der Waals surface area (Å²) in [7, 11) is -10.9. The van der Waals surface area contributed by atoms with E-state index in [-0.39, 0.29) is 23.8 Å². The largest absolute Gasteiger partial charge is 0.501 e. The Balaban J connectivity index is 1.12. The monoisotopic (exact) mass is 951 g/mol. The molecule has 3 aromatic carbocycles. The van der Waals surface area contributed by atoms with E-state index in [4.69, 9.17) is 0 Å². The van der Waals surface area contributed by atoms with E-state index in [1.165, 1.54) is 29.5 Å². The highest BCUT2D eigenvalue weighted by Gasteiger charge is 2.48. The Hall–Kier alpha value is -3.97. The number of piperazine rings is 1. The summed E-state index contributed by atoms with van der Waals surface area (Å²) in [5, 5.41) is 2.99. The average molecular weight is 952 g/mol. The number of alkyl halides is 5. The Bertz CT molecular complexity index is 2350. The molecule has 1 atom stereocenters. The number of hydrogen-bond acceptors (Lipinski definition) is 10. The molecule has 10 nitrogen and oxygen atoms in total. The van der Waals surface area contributed by atoms with Crippen LogP contribution in [0.15, 0.2) is 111 Å². The number of sulfone groups is 1. The minimum absolute atomic E-state index is 0.0316. The lowest BCUT2D eigenvalue weighted by Gasteiger charge is -2.39. The number of sulfonamides is 1. The summed E-state index contributed by atoms with van der Waals surface area (Å²) in [6, 6.07) is 17.6. The van der Waals surface area contributed by atoms with Gasteiger partial charge in [-0.2, -0.15) is 13.2 Å². The lowest BCUT2D eigenvalue weighted by Crippen LogP contribution is -2.47. The Morgan fingerprint density at radius 1 is 0.875 bits per heavy atom. The maximum Gasteiger partial charge on any atom is 0.501 e. The molecule has 18 heteroatoms. The molecule has 2 fully saturated rings. The number of allylic oxidation sites excluding steroid dienone is 2. The van der Waals surface area contributed by atoms with Crippen LogP contribution in [0, 0.1) is 5.41 Å². The predicted molar refractivity (Wildman–Crippen MR) is 243 cm³/mol. The highest BCUT2D eigenvalue weighted by atomic mass is 32.2. The first-order chi connectivity index (χ1) is 30.2. The smallest absolute Gasteiger partial charge is 0.380 e. The maximum absolute atomic E-state index is 14.1. The molecule has 2 saturated heterocycles. The Morgan fingerprint density at radius 3 is 2.19 bits per heavy atom. The van der Waals surface area contributed by atoms with Crippen molar-refractivity contribution in [1.29, 1.82) is 0 Å². The molecule has 64 heavy (non-hydrogen) atoms. The van der Waals surface area contributed by atoms with Crippen LogP contribution in [-0.4, -0.2) is 109 Å². The molecule has 0 aromatic heterocycles. The Morgan fingerprint density at radius 2 is 1.55 bits per heavy atom. The van der Waals surface area contributed by atoms with Crippen molar-refractivity contribution >= 4 is 48.9 Å². The van der Waals surface area contributed by atoms with E-state index in [2.05, 4.69) is 40.4 Å². The summed E-state index contributed by atoms with van der Waals surface area (Å²) in [6.45, 7) is 14.5. The molecule has 1 amide bonds. The standard InChI is InChI=1S/C46H58F5N5O5S3/c1-33(11-18-43(47)48)40-30-45(2,3)21-19-35(40)31-55-25-27-56(28-26-55)37-14-12-34(13-15-37)44(57)53-64(60,61)39-16-17-41(42(29-39)63(58,59)46(49,50)51)52-36(20-24-54-22-7-8-23-54)32-62-38-9-5-4-6-10-38/h4-6,9-10,12-17,29,36,43,52H,1,7-8,11,18-28,30-32H2,2-3H3,(H,53,57)/t36-/m1/s1. The van der Waals surface area contributed by atoms with Crippen molar-refractivity contribution in [3.63, 3.8) is 0 Å². The third-order valence-electron chi connectivity index (χ3n) is 12.2. The zero-order chi connectivity index (χ0) is 46.3. The zero-order valence-electron chi connectivity index (χ0n) is 36.3. The van der Waals surface area contributed by atoms with Crippen LogP contribution < -0.4 is 14.9 Å². The summed E-state index contributed by atoms with van der Waals surface area (Å²) in [5.41, 5.74) is -2.12. The summed E-state index contributed by atoms with van der Waals surface area (Å²) in [5.74, 6) is -0.661. The number of thioether (sulfide) groups is 1. The molecule has 1 aliphatic carbocycles. The SMILES string of the molecule is C=C(CCC(F)F)C1=C(CN2CCN(c3ccc(C(=O)NS(=O)(=O)c4ccc(N[C@H](CCN5CCCC5)CSc5ccccc5)c(S(=O)(=O)C(F)(F)F)c4)cc3)CC2)CCC(C)(C)C1. The molecule has 0 spiro atoms. The molecule has 3 aromatic rings. The van der Waals surface area contributed by atoms with Gasteiger partial charge in [0.05, 0.1) is 10.6 Å². The van der Waals surface area contributed by atoms with Crippen LogP contribution in [0.4, 0.5) is 33.3 Å². The molecule has 6 rings (SSSR count). The van der Waals surface area contributed by atoms with Crippen LogP contribution in [0.5, 0.6) is 0 Å². The fourth-order valence-corrected chi connectivity index (χ4v) is 11.4. The van der Waals surface area contributed by atoms with Gasteiger partial charge in [-0.05, 0) is 124 Å². The number of benzene rings is 3. The molecule has 2 N–H and O–H groups in total. The van der Waals surface area contributed by atoms with Crippen LogP contribution in [-0.2, 0) is 19.9 Å². The number of nitrogens with zero attached hydrogens (tertiary/aromatic N) is 3. The van der Waals surface area contributed by atoms with Crippen LogP contribution in [0.3, 0.4) is 0 Å². The van der Waals surface area contributed by atoms with Gasteiger partial charge in [0, 0.05) is 73.6 Å². The van der Waals surface area contributed by atoms with Crippen LogP contribution in [0.2, 0.25) is 0 Å². The molecule has 0 bridgehead atoms. The number of halogens is 5. The molecule has 350 valence electrons. The maximum atomic E-state index is 14.1. The van der Waals surface area contributed by atoms with Gasteiger partial charge in [-0.15, -0.1) is 11.8 Å². The molecule has 2 aliphatic heterocycles. The van der Waals surface area contributed by atoms with Crippen LogP contribution in [0.25, 0.3) is 0 Å². The summed E-state index contributed by atoms with van der Waals surface area (Å²) in [6.07, 6.45) is 2.97. The number of nitrogens with one attached hydrogen (secondary N) is 2. The molecule has 3 aliphatic rings. The minimum Gasteiger partial charge on any atom is -0.380 e. The summed E-state index contributed by atoms with van der Waals surface area (Å²) < 4.78 is 123. The summed E-state index contributed by atoms with van der Waals surface area (Å²) in [4.78, 5) is 18.8. The number of rotatable bonds is 19. The van der Waals surface area contributed by atoms with Crippen LogP contribution >= 0.6 is 11.8 Å². The van der Waals surface area contributed by atoms with E-state index in [9.17, 15) is 43.6 Å². The van der Waals surface area contributed by atoms with Crippen molar-refractivity contribution < 1.29 is 43.6 Å². The van der Waals surface area contributed by atoms with Gasteiger partial charge in [0.1, 0.15) is 4.90 Å². The minimum atomic E-state index is -6.05. The van der Waals surface area contributed by atoms with Crippen molar-refractivity contribution in [1.82, 2.24) is 14.5 Å². The average Bonchev–Trinajstić information content (AvgIpc) is 3.78. The number of carbonyl (C=O) groups excluding carboxylic acids is 1. The lowest BCUT2D eigenvalue weighted by molar-refractivity contribution is -0.0435. The van der Waals surface area contributed by atoms with E-state index in [0.717, 1.165) is 98.7 Å². The van der Waals surface area contributed by atoms with Gasteiger partial charge in [-0.1, -0.05) is 49.8 Å². The van der Waals surface area contributed by atoms with Gasteiger partial charge in [-0.25, -0.2) is 30.3 Å². The first-order valence-electron chi connectivity index (χ1n) is 21.6. The van der Waals surface area contributed by atoms with Crippen molar-refractivity contribution in [2.24, 2.45) is 5.41 Å². The highest BCUT2D eigenvalue weighted by molar-refractivity contribution is 7.99. The van der Waals surface area contributed by atoms with Gasteiger partial charge >= 0.3 is 5.51 Å². The van der Waals surface area contributed by atoms with E-state index >= 15 is 0 Å². The zero-order valence-corrected chi connectivity index (χ0v) is 38.8. The highest BCUT2D eigenvalue weighted by Crippen LogP contribution is 2.43. The lowest BCUT2D eigenvalue weighted by atomic mass is 9.72. The Labute approximate surface area is 378 Å². The first-order valence-corrected chi connectivity index (χ1v) is 25.6. The normalized spacial score (nSPS) is 18.3. The van der Waals surface area contributed by atoms with E-state index < -0.39 is 59.2 Å². The van der Waals surface area contributed by atoms with E-state index in [1.54, 1.807) is 12.1 Å². The van der Waals surface area contributed by atoms with Gasteiger partial charge in [0.15, 0.2) is 0 Å². The second-order valence-electron chi connectivity index (χ2n) is 17.6. The molecule has 0 unspecified atom stereocenters. The van der Waals surface area contributed by atoms with Gasteiger partial charge in [0.2, 0.25) is 6.43 Å². The van der Waals surface area contributed by atoms with Crippen molar-refractivity contribution in [2.45, 2.75) is 97.9 Å². The number of hydrogen-bond donors (Lipinski definition) is 2. The third kappa shape index (κ3) is 13.1.